The van der Waals surface area contributed by atoms with Gasteiger partial charge in [-0.3, -0.25) is 9.48 Å². The molecule has 1 saturated heterocycles. The number of nitrogens with one attached hydrogen (secondary N) is 1. The second kappa shape index (κ2) is 7.59. The number of hydrogen-bond donors (Lipinski definition) is 1. The van der Waals surface area contributed by atoms with Crippen molar-refractivity contribution < 1.29 is 4.79 Å². The molecule has 5 nitrogen and oxygen atoms in total. The van der Waals surface area contributed by atoms with Crippen LogP contribution in [0.2, 0.25) is 0 Å². The molecule has 5 heteroatoms. The lowest BCUT2D eigenvalue weighted by atomic mass is 10.1. The van der Waals surface area contributed by atoms with Crippen LogP contribution in [0.5, 0.6) is 0 Å². The molecular formula is C16H28N4O. The monoisotopic (exact) mass is 292 g/mol. The van der Waals surface area contributed by atoms with E-state index in [1.807, 2.05) is 28.8 Å². The Morgan fingerprint density at radius 2 is 2.05 bits per heavy atom. The van der Waals surface area contributed by atoms with E-state index in [1.165, 1.54) is 6.42 Å². The van der Waals surface area contributed by atoms with Gasteiger partial charge in [-0.05, 0) is 45.6 Å². The quantitative estimate of drug-likeness (QED) is 0.875. The van der Waals surface area contributed by atoms with Crippen LogP contribution < -0.4 is 5.32 Å². The van der Waals surface area contributed by atoms with E-state index in [2.05, 4.69) is 24.3 Å². The molecular weight excluding hydrogens is 264 g/mol. The predicted molar refractivity (Wildman–Crippen MR) is 84.0 cm³/mol. The molecule has 0 radical (unpaired) electrons. The Kier molecular flexibility index (Phi) is 5.79. The first-order valence-corrected chi connectivity index (χ1v) is 8.18. The van der Waals surface area contributed by atoms with Crippen LogP contribution in [0.1, 0.15) is 58.2 Å². The van der Waals surface area contributed by atoms with E-state index in [1.54, 1.807) is 0 Å². The van der Waals surface area contributed by atoms with Crippen LogP contribution in [-0.4, -0.2) is 39.7 Å². The second-order valence-corrected chi connectivity index (χ2v) is 6.03. The Bertz CT molecular complexity index is 451. The first-order valence-electron chi connectivity index (χ1n) is 8.18. The van der Waals surface area contributed by atoms with Gasteiger partial charge in [0.25, 0.3) is 0 Å². The Hall–Kier alpha value is -1.36. The van der Waals surface area contributed by atoms with Gasteiger partial charge in [0.05, 0.1) is 11.7 Å². The highest BCUT2D eigenvalue weighted by Gasteiger charge is 2.21. The molecule has 1 aliphatic rings. The molecule has 1 aromatic rings. The summed E-state index contributed by atoms with van der Waals surface area (Å²) in [5, 5.41) is 7.85. The topological polar surface area (TPSA) is 50.2 Å². The van der Waals surface area contributed by atoms with Crippen molar-refractivity contribution in [2.75, 3.05) is 13.1 Å². The van der Waals surface area contributed by atoms with Crippen LogP contribution in [0.15, 0.2) is 12.3 Å². The van der Waals surface area contributed by atoms with E-state index in [0.717, 1.165) is 38.0 Å². The van der Waals surface area contributed by atoms with Gasteiger partial charge in [0.15, 0.2) is 0 Å². The molecule has 0 bridgehead atoms. The van der Waals surface area contributed by atoms with Crippen molar-refractivity contribution in [1.29, 1.82) is 0 Å². The third-order valence-electron chi connectivity index (χ3n) is 4.33. The van der Waals surface area contributed by atoms with Gasteiger partial charge in [-0.15, -0.1) is 0 Å². The standard InChI is InChI=1S/C16H28N4O/c1-4-13(2)20-11-8-15(18-20)12-17-14(3)16(21)19-9-6-5-7-10-19/h8,11,13-14,17H,4-7,9-10,12H2,1-3H3. The molecule has 2 heterocycles. The average molecular weight is 292 g/mol. The molecule has 2 rings (SSSR count). The molecule has 1 N–H and O–H groups in total. The minimum absolute atomic E-state index is 0.142. The lowest BCUT2D eigenvalue weighted by Crippen LogP contribution is -2.46. The lowest BCUT2D eigenvalue weighted by molar-refractivity contribution is -0.133. The summed E-state index contributed by atoms with van der Waals surface area (Å²) in [5.41, 5.74) is 0.994. The van der Waals surface area contributed by atoms with E-state index < -0.39 is 0 Å². The van der Waals surface area contributed by atoms with Crippen molar-refractivity contribution in [2.24, 2.45) is 0 Å². The number of piperidine rings is 1. The number of nitrogens with zero attached hydrogens (tertiary/aromatic N) is 3. The number of hydrogen-bond acceptors (Lipinski definition) is 3. The summed E-state index contributed by atoms with van der Waals surface area (Å²) in [4.78, 5) is 14.3. The van der Waals surface area contributed by atoms with Crippen LogP contribution in [-0.2, 0) is 11.3 Å². The predicted octanol–water partition coefficient (Wildman–Crippen LogP) is 2.34. The summed E-state index contributed by atoms with van der Waals surface area (Å²) in [6.45, 7) is 8.73. The fraction of sp³-hybridized carbons (Fsp3) is 0.750. The van der Waals surface area contributed by atoms with Gasteiger partial charge in [0.1, 0.15) is 0 Å². The smallest absolute Gasteiger partial charge is 0.239 e. The van der Waals surface area contributed by atoms with Crippen molar-refractivity contribution in [3.8, 4) is 0 Å². The highest BCUT2D eigenvalue weighted by Crippen LogP contribution is 2.11. The zero-order chi connectivity index (χ0) is 15.2. The highest BCUT2D eigenvalue weighted by atomic mass is 16.2. The normalized spacial score (nSPS) is 18.5. The maximum Gasteiger partial charge on any atom is 0.239 e. The highest BCUT2D eigenvalue weighted by molar-refractivity contribution is 5.81. The van der Waals surface area contributed by atoms with Gasteiger partial charge in [-0.1, -0.05) is 6.92 Å². The summed E-state index contributed by atoms with van der Waals surface area (Å²) in [7, 11) is 0. The second-order valence-electron chi connectivity index (χ2n) is 6.03. The number of amides is 1. The third-order valence-corrected chi connectivity index (χ3v) is 4.33. The molecule has 1 fully saturated rings. The Labute approximate surface area is 127 Å². The van der Waals surface area contributed by atoms with Gasteiger partial charge in [-0.2, -0.15) is 5.10 Å². The largest absolute Gasteiger partial charge is 0.341 e. The average Bonchev–Trinajstić information content (AvgIpc) is 3.01. The van der Waals surface area contributed by atoms with Crippen LogP contribution in [0, 0.1) is 0 Å². The lowest BCUT2D eigenvalue weighted by Gasteiger charge is -2.29. The van der Waals surface area contributed by atoms with Crippen LogP contribution in [0.3, 0.4) is 0 Å². The molecule has 0 spiro atoms. The maximum atomic E-state index is 12.3. The maximum absolute atomic E-state index is 12.3. The number of likely N-dealkylation sites (tertiary alicyclic amines) is 1. The van der Waals surface area contributed by atoms with E-state index >= 15 is 0 Å². The molecule has 0 aliphatic carbocycles. The summed E-state index contributed by atoms with van der Waals surface area (Å²) >= 11 is 0. The Morgan fingerprint density at radius 3 is 2.71 bits per heavy atom. The molecule has 2 unspecified atom stereocenters. The molecule has 21 heavy (non-hydrogen) atoms. The summed E-state index contributed by atoms with van der Waals surface area (Å²) < 4.78 is 1.99. The zero-order valence-electron chi connectivity index (χ0n) is 13.5. The first-order chi connectivity index (χ1) is 10.1. The Morgan fingerprint density at radius 1 is 1.33 bits per heavy atom. The minimum atomic E-state index is -0.142. The summed E-state index contributed by atoms with van der Waals surface area (Å²) in [6.07, 6.45) is 6.61. The molecule has 2 atom stereocenters. The van der Waals surface area contributed by atoms with E-state index in [9.17, 15) is 4.79 Å². The zero-order valence-corrected chi connectivity index (χ0v) is 13.5. The molecule has 0 aromatic carbocycles. The van der Waals surface area contributed by atoms with Crippen LogP contribution in [0.4, 0.5) is 0 Å². The minimum Gasteiger partial charge on any atom is -0.341 e. The van der Waals surface area contributed by atoms with Gasteiger partial charge in [0, 0.05) is 31.9 Å². The van der Waals surface area contributed by atoms with Crippen molar-refractivity contribution in [1.82, 2.24) is 20.0 Å². The van der Waals surface area contributed by atoms with Crippen molar-refractivity contribution in [3.05, 3.63) is 18.0 Å². The van der Waals surface area contributed by atoms with Crippen molar-refractivity contribution in [2.45, 2.75) is 65.1 Å². The molecule has 1 amide bonds. The van der Waals surface area contributed by atoms with Gasteiger partial charge < -0.3 is 10.2 Å². The molecule has 1 aliphatic heterocycles. The molecule has 118 valence electrons. The van der Waals surface area contributed by atoms with Gasteiger partial charge >= 0.3 is 0 Å². The van der Waals surface area contributed by atoms with Crippen molar-refractivity contribution >= 4 is 5.91 Å². The number of carbonyl (C=O) groups excluding carboxylic acids is 1. The van der Waals surface area contributed by atoms with Gasteiger partial charge in [0.2, 0.25) is 5.91 Å². The van der Waals surface area contributed by atoms with E-state index in [-0.39, 0.29) is 11.9 Å². The fourth-order valence-electron chi connectivity index (χ4n) is 2.64. The fourth-order valence-corrected chi connectivity index (χ4v) is 2.64. The third kappa shape index (κ3) is 4.30. The number of aromatic nitrogens is 2. The summed E-state index contributed by atoms with van der Waals surface area (Å²) in [5.74, 6) is 0.219. The van der Waals surface area contributed by atoms with E-state index in [0.29, 0.717) is 12.6 Å². The SMILES string of the molecule is CCC(C)n1ccc(CNC(C)C(=O)N2CCCCC2)n1. The summed E-state index contributed by atoms with van der Waals surface area (Å²) in [6, 6.07) is 2.31. The molecule has 0 saturated carbocycles. The van der Waals surface area contributed by atoms with Gasteiger partial charge in [-0.25, -0.2) is 0 Å². The first kappa shape index (κ1) is 16.0. The number of rotatable bonds is 6. The van der Waals surface area contributed by atoms with Crippen LogP contribution >= 0.6 is 0 Å². The van der Waals surface area contributed by atoms with E-state index in [4.69, 9.17) is 0 Å². The van der Waals surface area contributed by atoms with Crippen molar-refractivity contribution in [3.63, 3.8) is 0 Å². The Balaban J connectivity index is 1.81. The number of carbonyl (C=O) groups is 1. The molecule has 1 aromatic heterocycles. The van der Waals surface area contributed by atoms with Crippen LogP contribution in [0.25, 0.3) is 0 Å².